The predicted octanol–water partition coefficient (Wildman–Crippen LogP) is 2.69. The van der Waals surface area contributed by atoms with Crippen molar-refractivity contribution in [3.8, 4) is 5.82 Å². The number of nitrogens with zero attached hydrogens (tertiary/aromatic N) is 5. The number of pyridine rings is 1. The monoisotopic (exact) mass is 321 g/mol. The zero-order valence-corrected chi connectivity index (χ0v) is 13.6. The van der Waals surface area contributed by atoms with Crippen LogP contribution in [0.3, 0.4) is 0 Å². The van der Waals surface area contributed by atoms with Gasteiger partial charge in [-0.2, -0.15) is 0 Å². The minimum atomic E-state index is 0.0727. The number of piperidine rings is 1. The van der Waals surface area contributed by atoms with Crippen molar-refractivity contribution in [2.75, 3.05) is 13.1 Å². The summed E-state index contributed by atoms with van der Waals surface area (Å²) < 4.78 is 1.87. The normalized spacial score (nSPS) is 15.8. The molecule has 0 aromatic carbocycles. The largest absolute Gasteiger partial charge is 0.339 e. The molecular weight excluding hydrogens is 302 g/mol. The van der Waals surface area contributed by atoms with Crippen LogP contribution in [0.2, 0.25) is 0 Å². The second-order valence-electron chi connectivity index (χ2n) is 6.36. The Kier molecular flexibility index (Phi) is 3.72. The maximum absolute atomic E-state index is 12.7. The van der Waals surface area contributed by atoms with E-state index in [1.54, 1.807) is 24.8 Å². The van der Waals surface area contributed by atoms with Gasteiger partial charge in [-0.15, -0.1) is 0 Å². The van der Waals surface area contributed by atoms with Gasteiger partial charge in [-0.1, -0.05) is 6.92 Å². The summed E-state index contributed by atoms with van der Waals surface area (Å²) in [5.41, 5.74) is 1.42. The highest BCUT2D eigenvalue weighted by molar-refractivity contribution is 5.97. The molecule has 3 aromatic rings. The number of carbonyl (C=O) groups excluding carboxylic acids is 1. The maximum Gasteiger partial charge on any atom is 0.255 e. The van der Waals surface area contributed by atoms with Gasteiger partial charge in [0, 0.05) is 43.3 Å². The van der Waals surface area contributed by atoms with Gasteiger partial charge in [0.15, 0.2) is 5.82 Å². The lowest BCUT2D eigenvalue weighted by molar-refractivity contribution is 0.0697. The van der Waals surface area contributed by atoms with Crippen LogP contribution in [0.15, 0.2) is 43.1 Å². The molecule has 122 valence electrons. The molecule has 0 N–H and O–H groups in total. The summed E-state index contributed by atoms with van der Waals surface area (Å²) in [6.45, 7) is 3.90. The van der Waals surface area contributed by atoms with Crippen molar-refractivity contribution in [3.05, 3.63) is 48.7 Å². The summed E-state index contributed by atoms with van der Waals surface area (Å²) >= 11 is 0. The first-order valence-electron chi connectivity index (χ1n) is 8.25. The Morgan fingerprint density at radius 1 is 1.17 bits per heavy atom. The molecule has 24 heavy (non-hydrogen) atoms. The molecule has 1 aliphatic rings. The third-order valence-corrected chi connectivity index (χ3v) is 4.64. The van der Waals surface area contributed by atoms with Crippen molar-refractivity contribution in [2.45, 2.75) is 19.8 Å². The number of carbonyl (C=O) groups is 1. The number of hydrogen-bond donors (Lipinski definition) is 0. The quantitative estimate of drug-likeness (QED) is 0.728. The Morgan fingerprint density at radius 3 is 2.75 bits per heavy atom. The molecule has 0 atom stereocenters. The van der Waals surface area contributed by atoms with Crippen LogP contribution in [-0.4, -0.2) is 43.4 Å². The molecule has 6 nitrogen and oxygen atoms in total. The lowest BCUT2D eigenvalue weighted by Crippen LogP contribution is -2.37. The molecule has 0 spiro atoms. The van der Waals surface area contributed by atoms with Crippen LogP contribution in [-0.2, 0) is 0 Å². The zero-order chi connectivity index (χ0) is 16.5. The van der Waals surface area contributed by atoms with Gasteiger partial charge in [0.1, 0.15) is 5.65 Å². The highest BCUT2D eigenvalue weighted by Crippen LogP contribution is 2.21. The van der Waals surface area contributed by atoms with Crippen LogP contribution in [0.1, 0.15) is 30.1 Å². The van der Waals surface area contributed by atoms with E-state index in [1.807, 2.05) is 27.8 Å². The van der Waals surface area contributed by atoms with Gasteiger partial charge >= 0.3 is 0 Å². The molecule has 3 aromatic heterocycles. The third-order valence-electron chi connectivity index (χ3n) is 4.64. The Morgan fingerprint density at radius 2 is 2.00 bits per heavy atom. The van der Waals surface area contributed by atoms with Crippen LogP contribution in [0.4, 0.5) is 0 Å². The van der Waals surface area contributed by atoms with Crippen molar-refractivity contribution in [1.29, 1.82) is 0 Å². The van der Waals surface area contributed by atoms with Gasteiger partial charge in [-0.05, 0) is 30.9 Å². The molecule has 0 unspecified atom stereocenters. The summed E-state index contributed by atoms with van der Waals surface area (Å²) in [6, 6.07) is 3.86. The second-order valence-corrected chi connectivity index (χ2v) is 6.36. The lowest BCUT2D eigenvalue weighted by atomic mass is 9.99. The van der Waals surface area contributed by atoms with E-state index in [2.05, 4.69) is 21.9 Å². The van der Waals surface area contributed by atoms with E-state index in [0.29, 0.717) is 17.3 Å². The first kappa shape index (κ1) is 14.8. The summed E-state index contributed by atoms with van der Waals surface area (Å²) in [4.78, 5) is 27.5. The average Bonchev–Trinajstić information content (AvgIpc) is 3.05. The standard InChI is InChI=1S/C18H19N5O/c1-13-2-7-22(8-3-13)18(24)15-10-14-4-9-23(17(14)21-11-15)16-12-19-5-6-20-16/h4-6,9-13H,2-3,7-8H2,1H3. The van der Waals surface area contributed by atoms with Crippen LogP contribution in [0.5, 0.6) is 0 Å². The topological polar surface area (TPSA) is 63.9 Å². The van der Waals surface area contributed by atoms with Crippen LogP contribution in [0, 0.1) is 5.92 Å². The first-order chi connectivity index (χ1) is 11.7. The van der Waals surface area contributed by atoms with E-state index in [9.17, 15) is 4.79 Å². The summed E-state index contributed by atoms with van der Waals surface area (Å²) in [5.74, 6) is 1.49. The average molecular weight is 321 g/mol. The van der Waals surface area contributed by atoms with E-state index < -0.39 is 0 Å². The van der Waals surface area contributed by atoms with Crippen molar-refractivity contribution in [1.82, 2.24) is 24.4 Å². The number of amides is 1. The predicted molar refractivity (Wildman–Crippen MR) is 91.0 cm³/mol. The fraction of sp³-hybridized carbons (Fsp3) is 0.333. The van der Waals surface area contributed by atoms with Crippen molar-refractivity contribution in [3.63, 3.8) is 0 Å². The highest BCUT2D eigenvalue weighted by atomic mass is 16.2. The maximum atomic E-state index is 12.7. The minimum Gasteiger partial charge on any atom is -0.339 e. The molecular formula is C18H19N5O. The van der Waals surface area contributed by atoms with E-state index in [-0.39, 0.29) is 5.91 Å². The Balaban J connectivity index is 1.64. The molecule has 4 heterocycles. The van der Waals surface area contributed by atoms with Gasteiger partial charge in [-0.3, -0.25) is 14.3 Å². The number of likely N-dealkylation sites (tertiary alicyclic amines) is 1. The van der Waals surface area contributed by atoms with Crippen LogP contribution >= 0.6 is 0 Å². The summed E-state index contributed by atoms with van der Waals surface area (Å²) in [6.07, 6.45) is 10.7. The van der Waals surface area contributed by atoms with Crippen molar-refractivity contribution < 1.29 is 4.79 Å². The van der Waals surface area contributed by atoms with E-state index >= 15 is 0 Å². The zero-order valence-electron chi connectivity index (χ0n) is 13.6. The molecule has 4 rings (SSSR count). The third kappa shape index (κ3) is 2.64. The molecule has 0 radical (unpaired) electrons. The van der Waals surface area contributed by atoms with E-state index in [4.69, 9.17) is 0 Å². The van der Waals surface area contributed by atoms with E-state index in [0.717, 1.165) is 37.0 Å². The fourth-order valence-corrected chi connectivity index (χ4v) is 3.14. The number of hydrogen-bond acceptors (Lipinski definition) is 4. The lowest BCUT2D eigenvalue weighted by Gasteiger charge is -2.30. The molecule has 0 bridgehead atoms. The summed E-state index contributed by atoms with van der Waals surface area (Å²) in [5, 5.41) is 0.928. The van der Waals surface area contributed by atoms with Crippen molar-refractivity contribution in [2.24, 2.45) is 5.92 Å². The molecule has 0 aliphatic carbocycles. The molecule has 1 fully saturated rings. The van der Waals surface area contributed by atoms with E-state index in [1.165, 1.54) is 0 Å². The molecule has 1 saturated heterocycles. The second kappa shape index (κ2) is 6.03. The SMILES string of the molecule is CC1CCN(C(=O)c2cnc3c(ccn3-c3cnccn3)c2)CC1. The van der Waals surface area contributed by atoms with Gasteiger partial charge < -0.3 is 4.90 Å². The van der Waals surface area contributed by atoms with Crippen molar-refractivity contribution >= 4 is 16.9 Å². The highest BCUT2D eigenvalue weighted by Gasteiger charge is 2.22. The fourth-order valence-electron chi connectivity index (χ4n) is 3.14. The first-order valence-corrected chi connectivity index (χ1v) is 8.25. The Labute approximate surface area is 140 Å². The van der Waals surface area contributed by atoms with Gasteiger partial charge in [-0.25, -0.2) is 9.97 Å². The van der Waals surface area contributed by atoms with Gasteiger partial charge in [0.05, 0.1) is 11.8 Å². The smallest absolute Gasteiger partial charge is 0.255 e. The van der Waals surface area contributed by atoms with Crippen LogP contribution in [0.25, 0.3) is 16.9 Å². The summed E-state index contributed by atoms with van der Waals surface area (Å²) in [7, 11) is 0. The Hall–Kier alpha value is -2.76. The number of rotatable bonds is 2. The number of fused-ring (bicyclic) bond motifs is 1. The minimum absolute atomic E-state index is 0.0727. The molecule has 1 amide bonds. The number of aromatic nitrogens is 4. The van der Waals surface area contributed by atoms with Gasteiger partial charge in [0.25, 0.3) is 5.91 Å². The molecule has 0 saturated carbocycles. The Bertz CT molecular complexity index is 866. The molecule has 6 heteroatoms. The molecule has 1 aliphatic heterocycles. The van der Waals surface area contributed by atoms with Crippen LogP contribution < -0.4 is 0 Å². The van der Waals surface area contributed by atoms with Gasteiger partial charge in [0.2, 0.25) is 0 Å².